The Balaban J connectivity index is 1.24. The molecule has 4 N–H and O–H groups in total. The fourth-order valence-corrected chi connectivity index (χ4v) is 6.17. The van der Waals surface area contributed by atoms with Crippen molar-refractivity contribution in [2.24, 2.45) is 0 Å². The van der Waals surface area contributed by atoms with Gasteiger partial charge >= 0.3 is 0 Å². The summed E-state index contributed by atoms with van der Waals surface area (Å²) in [6.45, 7) is 9.00. The Morgan fingerprint density at radius 2 is 1.67 bits per heavy atom. The summed E-state index contributed by atoms with van der Waals surface area (Å²) in [6.07, 6.45) is 1.35. The Labute approximate surface area is 263 Å². The summed E-state index contributed by atoms with van der Waals surface area (Å²) in [5, 5.41) is 20.3. The van der Waals surface area contributed by atoms with Crippen LogP contribution in [0.15, 0.2) is 65.3 Å². The summed E-state index contributed by atoms with van der Waals surface area (Å²) in [6, 6.07) is 16.8. The Morgan fingerprint density at radius 1 is 0.933 bits per heavy atom. The van der Waals surface area contributed by atoms with Crippen LogP contribution in [0.2, 0.25) is 0 Å². The smallest absolute Gasteiger partial charge is 0.262 e. The van der Waals surface area contributed by atoms with Crippen molar-refractivity contribution in [2.45, 2.75) is 26.3 Å². The number of anilines is 3. The molecule has 45 heavy (non-hydrogen) atoms. The number of carbonyl (C=O) groups is 3. The second-order valence-electron chi connectivity index (χ2n) is 11.6. The van der Waals surface area contributed by atoms with Gasteiger partial charge in [0.2, 0.25) is 0 Å². The van der Waals surface area contributed by atoms with E-state index in [0.29, 0.717) is 26.5 Å². The SMILES string of the molecule is Cc1oncc1C(=O)Nc1cc(N2CCN(C)CC2)ccc1C(=O)Nc1n[nH]c2sc(C(=O)NC(C)(C)c3ccccc3)cc12. The van der Waals surface area contributed by atoms with Gasteiger partial charge in [0, 0.05) is 31.9 Å². The zero-order valence-electron chi connectivity index (χ0n) is 25.4. The number of nitrogens with one attached hydrogen (secondary N) is 4. The minimum absolute atomic E-state index is 0.232. The van der Waals surface area contributed by atoms with Crippen molar-refractivity contribution in [3.63, 3.8) is 0 Å². The minimum atomic E-state index is -0.590. The molecule has 0 aliphatic carbocycles. The number of H-pyrrole nitrogens is 1. The first-order valence-electron chi connectivity index (χ1n) is 14.6. The molecule has 3 amide bonds. The molecular weight excluding hydrogens is 592 g/mol. The molecule has 232 valence electrons. The molecule has 0 unspecified atom stereocenters. The zero-order valence-corrected chi connectivity index (χ0v) is 26.2. The van der Waals surface area contributed by atoms with Gasteiger partial charge in [0.25, 0.3) is 17.7 Å². The van der Waals surface area contributed by atoms with E-state index in [0.717, 1.165) is 37.4 Å². The molecule has 5 aromatic rings. The highest BCUT2D eigenvalue weighted by Gasteiger charge is 2.26. The van der Waals surface area contributed by atoms with Crippen LogP contribution in [0.3, 0.4) is 0 Å². The number of likely N-dealkylation sites (N-methyl/N-ethyl adjacent to an activating group) is 1. The number of aryl methyl sites for hydroxylation is 1. The number of carbonyl (C=O) groups excluding carboxylic acids is 3. The molecule has 0 radical (unpaired) electrons. The van der Waals surface area contributed by atoms with Gasteiger partial charge in [0.05, 0.1) is 33.2 Å². The molecule has 0 spiro atoms. The normalized spacial score (nSPS) is 14.0. The van der Waals surface area contributed by atoms with Crippen LogP contribution < -0.4 is 20.9 Å². The number of hydrogen-bond acceptors (Lipinski definition) is 9. The van der Waals surface area contributed by atoms with E-state index in [9.17, 15) is 14.4 Å². The number of amides is 3. The molecule has 0 atom stereocenters. The topological polar surface area (TPSA) is 148 Å². The van der Waals surface area contributed by atoms with Crippen molar-refractivity contribution in [3.05, 3.63) is 88.1 Å². The minimum Gasteiger partial charge on any atom is -0.369 e. The molecule has 1 aliphatic heterocycles. The van der Waals surface area contributed by atoms with Crippen LogP contribution in [0.5, 0.6) is 0 Å². The van der Waals surface area contributed by atoms with Crippen LogP contribution in [-0.4, -0.2) is 71.2 Å². The molecular formula is C32H34N8O4S. The lowest BCUT2D eigenvalue weighted by Crippen LogP contribution is -2.44. The summed E-state index contributed by atoms with van der Waals surface area (Å²) in [7, 11) is 2.08. The second kappa shape index (κ2) is 12.2. The highest BCUT2D eigenvalue weighted by atomic mass is 32.1. The number of aromatic amines is 1. The maximum atomic E-state index is 13.7. The number of thiophene rings is 1. The average Bonchev–Trinajstić information content (AvgIpc) is 3.75. The van der Waals surface area contributed by atoms with E-state index in [1.54, 1.807) is 19.1 Å². The van der Waals surface area contributed by atoms with E-state index in [2.05, 4.69) is 48.2 Å². The van der Waals surface area contributed by atoms with Gasteiger partial charge in [-0.1, -0.05) is 35.5 Å². The molecule has 3 aromatic heterocycles. The van der Waals surface area contributed by atoms with Gasteiger partial charge in [-0.25, -0.2) is 0 Å². The molecule has 6 rings (SSSR count). The molecule has 1 fully saturated rings. The summed E-state index contributed by atoms with van der Waals surface area (Å²) >= 11 is 1.25. The third kappa shape index (κ3) is 6.30. The van der Waals surface area contributed by atoms with Gasteiger partial charge in [-0.2, -0.15) is 5.10 Å². The van der Waals surface area contributed by atoms with E-state index >= 15 is 0 Å². The third-order valence-corrected chi connectivity index (χ3v) is 9.03. The zero-order chi connectivity index (χ0) is 31.7. The lowest BCUT2D eigenvalue weighted by atomic mass is 9.94. The Morgan fingerprint density at radius 3 is 2.38 bits per heavy atom. The molecule has 12 nitrogen and oxygen atoms in total. The van der Waals surface area contributed by atoms with Crippen molar-refractivity contribution in [1.29, 1.82) is 0 Å². The third-order valence-electron chi connectivity index (χ3n) is 7.99. The van der Waals surface area contributed by atoms with E-state index in [-0.39, 0.29) is 22.9 Å². The molecule has 0 saturated carbocycles. The monoisotopic (exact) mass is 626 g/mol. The van der Waals surface area contributed by atoms with Crippen molar-refractivity contribution >= 4 is 56.5 Å². The van der Waals surface area contributed by atoms with E-state index in [1.165, 1.54) is 17.5 Å². The van der Waals surface area contributed by atoms with Gasteiger partial charge in [-0.3, -0.25) is 19.5 Å². The lowest BCUT2D eigenvalue weighted by molar-refractivity contribution is 0.0915. The van der Waals surface area contributed by atoms with E-state index in [4.69, 9.17) is 4.52 Å². The predicted molar refractivity (Wildman–Crippen MR) is 174 cm³/mol. The van der Waals surface area contributed by atoms with E-state index < -0.39 is 17.4 Å². The highest BCUT2D eigenvalue weighted by molar-refractivity contribution is 7.20. The summed E-state index contributed by atoms with van der Waals surface area (Å²) in [4.78, 5) is 45.6. The number of rotatable bonds is 8. The molecule has 1 aliphatic rings. The highest BCUT2D eigenvalue weighted by Crippen LogP contribution is 2.32. The van der Waals surface area contributed by atoms with Gasteiger partial charge in [-0.05, 0) is 57.6 Å². The summed E-state index contributed by atoms with van der Waals surface area (Å²) in [5.74, 6) is -0.482. The van der Waals surface area contributed by atoms with Crippen LogP contribution in [0.1, 0.15) is 55.6 Å². The molecule has 2 aromatic carbocycles. The van der Waals surface area contributed by atoms with Crippen LogP contribution in [0.25, 0.3) is 10.2 Å². The molecule has 13 heteroatoms. The van der Waals surface area contributed by atoms with Crippen LogP contribution in [0, 0.1) is 6.92 Å². The fourth-order valence-electron chi connectivity index (χ4n) is 5.27. The number of nitrogens with zero attached hydrogens (tertiary/aromatic N) is 4. The fraction of sp³-hybridized carbons (Fsp3) is 0.281. The first-order chi connectivity index (χ1) is 21.6. The molecule has 0 bridgehead atoms. The molecule has 4 heterocycles. The Bertz CT molecular complexity index is 1870. The van der Waals surface area contributed by atoms with Crippen molar-refractivity contribution in [3.8, 4) is 0 Å². The van der Waals surface area contributed by atoms with Crippen molar-refractivity contribution in [2.75, 3.05) is 48.8 Å². The van der Waals surface area contributed by atoms with Gasteiger partial charge in [-0.15, -0.1) is 11.3 Å². The largest absolute Gasteiger partial charge is 0.369 e. The maximum absolute atomic E-state index is 13.7. The van der Waals surface area contributed by atoms with Crippen LogP contribution in [0.4, 0.5) is 17.2 Å². The number of piperazine rings is 1. The number of aromatic nitrogens is 3. The predicted octanol–water partition coefficient (Wildman–Crippen LogP) is 4.84. The van der Waals surface area contributed by atoms with Crippen molar-refractivity contribution in [1.82, 2.24) is 25.6 Å². The van der Waals surface area contributed by atoms with Crippen LogP contribution >= 0.6 is 11.3 Å². The van der Waals surface area contributed by atoms with Crippen LogP contribution in [-0.2, 0) is 5.54 Å². The maximum Gasteiger partial charge on any atom is 0.262 e. The quantitative estimate of drug-likeness (QED) is 0.191. The van der Waals surface area contributed by atoms with Gasteiger partial charge in [0.15, 0.2) is 5.82 Å². The summed E-state index contributed by atoms with van der Waals surface area (Å²) in [5.41, 5.74) is 2.16. The molecule has 1 saturated heterocycles. The van der Waals surface area contributed by atoms with Crippen molar-refractivity contribution < 1.29 is 18.9 Å². The Kier molecular flexibility index (Phi) is 8.12. The summed E-state index contributed by atoms with van der Waals surface area (Å²) < 4.78 is 5.07. The Hall–Kier alpha value is -5.01. The lowest BCUT2D eigenvalue weighted by Gasteiger charge is -2.34. The van der Waals surface area contributed by atoms with Gasteiger partial charge < -0.3 is 30.3 Å². The number of fused-ring (bicyclic) bond motifs is 1. The second-order valence-corrected chi connectivity index (χ2v) is 12.6. The number of benzene rings is 2. The van der Waals surface area contributed by atoms with E-state index in [1.807, 2.05) is 56.3 Å². The first-order valence-corrected chi connectivity index (χ1v) is 15.4. The first kappa shape index (κ1) is 30.0. The standard InChI is InChI=1S/C32H34N8O4S/c1-19-24(18-33-44-19)29(42)34-25-16-21(40-14-12-39(4)13-15-40)10-11-22(25)28(41)35-27-23-17-26(45-31(23)38-37-27)30(43)36-32(2,3)20-8-6-5-7-9-20/h5-11,16-18H,12-15H2,1-4H3,(H,34,42)(H,36,43)(H2,35,37,38,41). The average molecular weight is 627 g/mol. The number of hydrogen-bond donors (Lipinski definition) is 4. The van der Waals surface area contributed by atoms with Gasteiger partial charge in [0.1, 0.15) is 16.2 Å².